The minimum atomic E-state index is -0.417. The molecule has 1 aromatic carbocycles. The number of hydrogen-bond donors (Lipinski definition) is 0. The minimum Gasteiger partial charge on any atom is -0.494 e. The third kappa shape index (κ3) is 3.42. The lowest BCUT2D eigenvalue weighted by Gasteiger charge is -2.14. The Morgan fingerprint density at radius 3 is 1.94 bits per heavy atom. The molecule has 5 heteroatoms. The summed E-state index contributed by atoms with van der Waals surface area (Å²) in [6.07, 6.45) is 0. The van der Waals surface area contributed by atoms with E-state index in [1.54, 1.807) is 19.1 Å². The maximum absolute atomic E-state index is 11.7. The summed E-state index contributed by atoms with van der Waals surface area (Å²) >= 11 is 0. The van der Waals surface area contributed by atoms with Crippen molar-refractivity contribution in [2.45, 2.75) is 20.8 Å². The van der Waals surface area contributed by atoms with E-state index in [0.29, 0.717) is 42.3 Å². The summed E-state index contributed by atoms with van der Waals surface area (Å²) in [5.74, 6) is 0.456. The van der Waals surface area contributed by atoms with Crippen molar-refractivity contribution in [2.75, 3.05) is 19.8 Å². The van der Waals surface area contributed by atoms with Crippen LogP contribution in [0.3, 0.4) is 0 Å². The van der Waals surface area contributed by atoms with Crippen LogP contribution in [0.25, 0.3) is 0 Å². The summed E-state index contributed by atoms with van der Waals surface area (Å²) in [7, 11) is 5.90. The molecule has 0 aliphatic heterocycles. The smallest absolute Gasteiger partial charge is 0.338 e. The highest BCUT2D eigenvalue weighted by Crippen LogP contribution is 2.20. The van der Waals surface area contributed by atoms with Crippen molar-refractivity contribution in [1.82, 2.24) is 0 Å². The normalized spacial score (nSPS) is 9.94. The largest absolute Gasteiger partial charge is 0.494 e. The number of esters is 1. The quantitative estimate of drug-likeness (QED) is 0.564. The molecule has 4 nitrogen and oxygen atoms in total. The summed E-state index contributed by atoms with van der Waals surface area (Å²) < 4.78 is 15.7. The molecule has 0 atom stereocenters. The summed E-state index contributed by atoms with van der Waals surface area (Å²) in [6.45, 7) is 6.68. The molecule has 0 aromatic heterocycles. The van der Waals surface area contributed by atoms with E-state index in [4.69, 9.17) is 22.1 Å². The van der Waals surface area contributed by atoms with Crippen molar-refractivity contribution < 1.29 is 19.0 Å². The number of hydrogen-bond acceptors (Lipinski definition) is 4. The Hall–Kier alpha value is -1.65. The molecule has 18 heavy (non-hydrogen) atoms. The van der Waals surface area contributed by atoms with Gasteiger partial charge in [-0.3, -0.25) is 0 Å². The van der Waals surface area contributed by atoms with E-state index in [1.165, 1.54) is 0 Å². The lowest BCUT2D eigenvalue weighted by Crippen LogP contribution is -2.16. The highest BCUT2D eigenvalue weighted by Gasteiger charge is 2.14. The first kappa shape index (κ1) is 14.4. The second-order valence-corrected chi connectivity index (χ2v) is 3.47. The molecule has 0 spiro atoms. The molecule has 0 N–H and O–H groups in total. The van der Waals surface area contributed by atoms with E-state index in [9.17, 15) is 4.79 Å². The molecule has 0 aliphatic carbocycles. The van der Waals surface area contributed by atoms with Gasteiger partial charge in [0.1, 0.15) is 19.3 Å². The average Bonchev–Trinajstić information content (AvgIpc) is 2.34. The molecule has 0 fully saturated rings. The molecular weight excluding hydrogens is 231 g/mol. The molecule has 0 aliphatic rings. The molecule has 0 heterocycles. The standard InChI is InChI=1S/C13H17BO4/c1-4-16-10-7-9(13(15)18-6-3)8-11(12(10)14)17-5-2/h7-8H,4-6H2,1-3H3. The molecule has 1 aromatic rings. The van der Waals surface area contributed by atoms with Gasteiger partial charge in [0.05, 0.1) is 25.4 Å². The number of benzene rings is 1. The van der Waals surface area contributed by atoms with Crippen LogP contribution < -0.4 is 14.9 Å². The van der Waals surface area contributed by atoms with Gasteiger partial charge < -0.3 is 14.2 Å². The van der Waals surface area contributed by atoms with E-state index >= 15 is 0 Å². The average molecular weight is 248 g/mol. The van der Waals surface area contributed by atoms with Gasteiger partial charge in [0.15, 0.2) is 0 Å². The fourth-order valence-electron chi connectivity index (χ4n) is 1.48. The van der Waals surface area contributed by atoms with Crippen molar-refractivity contribution in [3.8, 4) is 11.5 Å². The van der Waals surface area contributed by atoms with Crippen LogP contribution in [0.15, 0.2) is 12.1 Å². The summed E-state index contributed by atoms with van der Waals surface area (Å²) in [5, 5.41) is 0. The third-order valence-corrected chi connectivity index (χ3v) is 2.21. The zero-order valence-corrected chi connectivity index (χ0v) is 11.0. The van der Waals surface area contributed by atoms with E-state index in [0.717, 1.165) is 0 Å². The van der Waals surface area contributed by atoms with Gasteiger partial charge >= 0.3 is 5.97 Å². The summed E-state index contributed by atoms with van der Waals surface area (Å²) in [6, 6.07) is 3.14. The van der Waals surface area contributed by atoms with E-state index in [-0.39, 0.29) is 0 Å². The first-order valence-corrected chi connectivity index (χ1v) is 6.00. The fraction of sp³-hybridized carbons (Fsp3) is 0.462. The van der Waals surface area contributed by atoms with Crippen molar-refractivity contribution in [2.24, 2.45) is 0 Å². The Kier molecular flexibility index (Phi) is 5.56. The number of rotatable bonds is 6. The molecule has 0 saturated heterocycles. The first-order valence-electron chi connectivity index (χ1n) is 6.00. The van der Waals surface area contributed by atoms with Crippen molar-refractivity contribution >= 4 is 19.3 Å². The predicted octanol–water partition coefficient (Wildman–Crippen LogP) is 1.45. The molecule has 96 valence electrons. The number of ether oxygens (including phenoxy) is 3. The van der Waals surface area contributed by atoms with Crippen molar-refractivity contribution in [3.05, 3.63) is 17.7 Å². The minimum absolute atomic E-state index is 0.317. The Bertz CT molecular complexity index is 390. The first-order chi connectivity index (χ1) is 8.63. The van der Waals surface area contributed by atoms with E-state index < -0.39 is 5.97 Å². The van der Waals surface area contributed by atoms with Crippen molar-refractivity contribution in [1.29, 1.82) is 0 Å². The Morgan fingerprint density at radius 2 is 1.56 bits per heavy atom. The Labute approximate surface area is 109 Å². The molecule has 0 saturated carbocycles. The molecule has 2 radical (unpaired) electrons. The number of carbonyl (C=O) groups is 1. The zero-order chi connectivity index (χ0) is 13.5. The van der Waals surface area contributed by atoms with Crippen LogP contribution in [0.4, 0.5) is 0 Å². The summed E-state index contributed by atoms with van der Waals surface area (Å²) in [5.41, 5.74) is 0.768. The van der Waals surface area contributed by atoms with Crippen LogP contribution in [0.2, 0.25) is 0 Å². The molecule has 1 rings (SSSR count). The highest BCUT2D eigenvalue weighted by atomic mass is 16.5. The van der Waals surface area contributed by atoms with Crippen LogP contribution in [0.1, 0.15) is 31.1 Å². The van der Waals surface area contributed by atoms with Crippen LogP contribution in [-0.2, 0) is 4.74 Å². The van der Waals surface area contributed by atoms with Gasteiger partial charge in [-0.2, -0.15) is 0 Å². The van der Waals surface area contributed by atoms with Gasteiger partial charge in [0, 0.05) is 0 Å². The maximum atomic E-state index is 11.7. The van der Waals surface area contributed by atoms with Crippen LogP contribution in [0.5, 0.6) is 11.5 Å². The Balaban J connectivity index is 3.15. The molecule has 0 amide bonds. The highest BCUT2D eigenvalue weighted by molar-refractivity contribution is 6.36. The Morgan fingerprint density at radius 1 is 1.06 bits per heavy atom. The lowest BCUT2D eigenvalue weighted by molar-refractivity contribution is 0.0525. The van der Waals surface area contributed by atoms with Gasteiger partial charge in [-0.1, -0.05) is 0 Å². The topological polar surface area (TPSA) is 44.8 Å². The second kappa shape index (κ2) is 6.94. The van der Waals surface area contributed by atoms with Crippen LogP contribution in [0, 0.1) is 0 Å². The van der Waals surface area contributed by atoms with Gasteiger partial charge in [-0.05, 0) is 38.4 Å². The van der Waals surface area contributed by atoms with E-state index in [2.05, 4.69) is 0 Å². The van der Waals surface area contributed by atoms with Gasteiger partial charge in [-0.15, -0.1) is 0 Å². The van der Waals surface area contributed by atoms with Gasteiger partial charge in [-0.25, -0.2) is 4.79 Å². The number of carbonyl (C=O) groups excluding carboxylic acids is 1. The third-order valence-electron chi connectivity index (χ3n) is 2.21. The predicted molar refractivity (Wildman–Crippen MR) is 70.1 cm³/mol. The second-order valence-electron chi connectivity index (χ2n) is 3.47. The van der Waals surface area contributed by atoms with Crippen LogP contribution >= 0.6 is 0 Å². The zero-order valence-electron chi connectivity index (χ0n) is 11.0. The molecule has 0 bridgehead atoms. The van der Waals surface area contributed by atoms with Crippen molar-refractivity contribution in [3.63, 3.8) is 0 Å². The maximum Gasteiger partial charge on any atom is 0.338 e. The van der Waals surface area contributed by atoms with Gasteiger partial charge in [0.25, 0.3) is 0 Å². The lowest BCUT2D eigenvalue weighted by atomic mass is 9.92. The van der Waals surface area contributed by atoms with Crippen LogP contribution in [-0.4, -0.2) is 33.6 Å². The SMILES string of the molecule is [B]c1c(OCC)cc(C(=O)OCC)cc1OCC. The monoisotopic (exact) mass is 248 g/mol. The molecular formula is C13H17BO4. The fourth-order valence-corrected chi connectivity index (χ4v) is 1.48. The van der Waals surface area contributed by atoms with Gasteiger partial charge in [0.2, 0.25) is 0 Å². The molecule has 0 unspecified atom stereocenters. The summed E-state index contributed by atoms with van der Waals surface area (Å²) in [4.78, 5) is 11.7. The van der Waals surface area contributed by atoms with E-state index in [1.807, 2.05) is 13.8 Å².